The van der Waals surface area contributed by atoms with E-state index >= 15 is 0 Å². The molecule has 1 aliphatic heterocycles. The van der Waals surface area contributed by atoms with E-state index in [1.807, 2.05) is 28.5 Å². The highest BCUT2D eigenvalue weighted by atomic mass is 19.4. The smallest absolute Gasteiger partial charge is 0.401 e. The summed E-state index contributed by atoms with van der Waals surface area (Å²) in [5.74, 6) is 0.572. The van der Waals surface area contributed by atoms with Gasteiger partial charge < -0.3 is 24.3 Å². The van der Waals surface area contributed by atoms with E-state index in [1.165, 1.54) is 12.0 Å². The summed E-state index contributed by atoms with van der Waals surface area (Å²) in [7, 11) is 1.46. The Morgan fingerprint density at radius 1 is 1.11 bits per heavy atom. The lowest BCUT2D eigenvalue weighted by Crippen LogP contribution is -2.48. The number of nitrogens with zero attached hydrogens (tertiary/aromatic N) is 5. The minimum absolute atomic E-state index is 0.0701. The second kappa shape index (κ2) is 12.2. The van der Waals surface area contributed by atoms with Crippen LogP contribution in [0.3, 0.4) is 0 Å². The first-order valence-electron chi connectivity index (χ1n) is 14.1. The molecule has 0 atom stereocenters. The summed E-state index contributed by atoms with van der Waals surface area (Å²) in [4.78, 5) is 41.1. The number of piperazine rings is 1. The van der Waals surface area contributed by atoms with Crippen molar-refractivity contribution in [2.45, 2.75) is 33.5 Å². The normalized spacial score (nSPS) is 14.2. The number of hydrogen-bond donors (Lipinski definition) is 2. The molecule has 44 heavy (non-hydrogen) atoms. The minimum Gasteiger partial charge on any atom is -0.496 e. The molecule has 2 N–H and O–H groups in total. The van der Waals surface area contributed by atoms with Gasteiger partial charge in [-0.3, -0.25) is 14.5 Å². The molecule has 13 heteroatoms. The Labute approximate surface area is 252 Å². The maximum atomic E-state index is 13.7. The Balaban J connectivity index is 1.53. The molecule has 1 fully saturated rings. The summed E-state index contributed by atoms with van der Waals surface area (Å²) < 4.78 is 46.2. The SMILES string of the molecule is C=C(c1c(C)c(C(=O)NCc2c(OC)cc(C)[nH]c2=O)cc2c(-c3cnc(C)nc3)ccn12)N1CCN(CC(F)(F)F)CC1. The van der Waals surface area contributed by atoms with Gasteiger partial charge in [-0.1, -0.05) is 6.58 Å². The topological polar surface area (TPSA) is 108 Å². The minimum atomic E-state index is -4.27. The molecule has 0 unspecified atom stereocenters. The van der Waals surface area contributed by atoms with Gasteiger partial charge in [-0.15, -0.1) is 0 Å². The Kier molecular flexibility index (Phi) is 8.51. The molecule has 1 aliphatic rings. The molecule has 0 aromatic carbocycles. The molecule has 0 bridgehead atoms. The van der Waals surface area contributed by atoms with Gasteiger partial charge in [0.2, 0.25) is 0 Å². The molecule has 0 aliphatic carbocycles. The molecule has 5 heterocycles. The van der Waals surface area contributed by atoms with Crippen LogP contribution in [-0.2, 0) is 6.54 Å². The molecule has 1 saturated heterocycles. The Hall–Kier alpha value is -4.65. The summed E-state index contributed by atoms with van der Waals surface area (Å²) in [6.45, 7) is 9.80. The van der Waals surface area contributed by atoms with E-state index in [0.29, 0.717) is 58.4 Å². The molecule has 232 valence electrons. The van der Waals surface area contributed by atoms with Gasteiger partial charge in [0.15, 0.2) is 0 Å². The Morgan fingerprint density at radius 2 is 1.80 bits per heavy atom. The average molecular weight is 610 g/mol. The van der Waals surface area contributed by atoms with E-state index in [2.05, 4.69) is 26.8 Å². The third-order valence-electron chi connectivity index (χ3n) is 7.85. The van der Waals surface area contributed by atoms with Gasteiger partial charge in [0, 0.05) is 67.2 Å². The standard InChI is InChI=1S/C31H34F3N7O3/c1-18-12-27(44-5)25(30(43)38-18)16-37-29(42)24-13-26-23(22-14-35-21(4)36-15-22)6-7-41(26)28(19(24)2)20(3)40-10-8-39(9-11-40)17-31(32,33)34/h6-7,12-15H,3,8-11,16-17H2,1-2,4-5H3,(H,37,42)(H,38,43). The molecule has 4 aromatic heterocycles. The highest BCUT2D eigenvalue weighted by molar-refractivity contribution is 5.99. The van der Waals surface area contributed by atoms with Crippen molar-refractivity contribution in [1.29, 1.82) is 0 Å². The molecule has 5 rings (SSSR count). The number of fused-ring (bicyclic) bond motifs is 1. The van der Waals surface area contributed by atoms with Crippen molar-refractivity contribution in [2.75, 3.05) is 39.8 Å². The Morgan fingerprint density at radius 3 is 2.43 bits per heavy atom. The van der Waals surface area contributed by atoms with E-state index < -0.39 is 18.6 Å². The van der Waals surface area contributed by atoms with Gasteiger partial charge in [-0.05, 0) is 44.5 Å². The lowest BCUT2D eigenvalue weighted by Gasteiger charge is -2.37. The van der Waals surface area contributed by atoms with E-state index in [-0.39, 0.29) is 30.8 Å². The van der Waals surface area contributed by atoms with Crippen molar-refractivity contribution in [1.82, 2.24) is 34.5 Å². The molecular weight excluding hydrogens is 575 g/mol. The Bertz CT molecular complexity index is 1770. The van der Waals surface area contributed by atoms with Gasteiger partial charge in [-0.25, -0.2) is 9.97 Å². The first kappa shape index (κ1) is 30.8. The third-order valence-corrected chi connectivity index (χ3v) is 7.85. The van der Waals surface area contributed by atoms with Crippen LogP contribution in [0.15, 0.2) is 48.2 Å². The van der Waals surface area contributed by atoms with Crippen LogP contribution in [-0.4, -0.2) is 81.1 Å². The molecule has 0 spiro atoms. The van der Waals surface area contributed by atoms with Crippen molar-refractivity contribution in [3.05, 3.63) is 87.6 Å². The number of pyridine rings is 2. The van der Waals surface area contributed by atoms with Crippen LogP contribution >= 0.6 is 0 Å². The third kappa shape index (κ3) is 6.32. The summed E-state index contributed by atoms with van der Waals surface area (Å²) in [5.41, 5.74) is 5.03. The van der Waals surface area contributed by atoms with Crippen LogP contribution in [0.25, 0.3) is 22.3 Å². The van der Waals surface area contributed by atoms with Crippen LogP contribution in [0.2, 0.25) is 0 Å². The number of aromatic amines is 1. The summed E-state index contributed by atoms with van der Waals surface area (Å²) in [5, 5.41) is 2.86. The van der Waals surface area contributed by atoms with Crippen molar-refractivity contribution in [3.63, 3.8) is 0 Å². The van der Waals surface area contributed by atoms with Gasteiger partial charge in [0.05, 0.1) is 42.7 Å². The van der Waals surface area contributed by atoms with E-state index in [1.54, 1.807) is 38.4 Å². The van der Waals surface area contributed by atoms with Crippen LogP contribution in [0.5, 0.6) is 5.75 Å². The zero-order valence-electron chi connectivity index (χ0n) is 25.0. The quantitative estimate of drug-likeness (QED) is 0.310. The number of rotatable bonds is 8. The maximum Gasteiger partial charge on any atom is 0.401 e. The van der Waals surface area contributed by atoms with Crippen LogP contribution in [0.4, 0.5) is 13.2 Å². The number of nitrogens with one attached hydrogen (secondary N) is 2. The number of aromatic nitrogens is 4. The maximum absolute atomic E-state index is 13.7. The predicted molar refractivity (Wildman–Crippen MR) is 161 cm³/mol. The van der Waals surface area contributed by atoms with Crippen molar-refractivity contribution in [2.24, 2.45) is 0 Å². The van der Waals surface area contributed by atoms with Gasteiger partial charge in [0.25, 0.3) is 11.5 Å². The summed E-state index contributed by atoms with van der Waals surface area (Å²) >= 11 is 0. The number of methoxy groups -OCH3 is 1. The van der Waals surface area contributed by atoms with E-state index in [9.17, 15) is 22.8 Å². The summed E-state index contributed by atoms with van der Waals surface area (Å²) in [6, 6.07) is 5.36. The number of ether oxygens (including phenoxy) is 1. The second-order valence-electron chi connectivity index (χ2n) is 10.9. The van der Waals surface area contributed by atoms with Crippen molar-refractivity contribution in [3.8, 4) is 16.9 Å². The first-order chi connectivity index (χ1) is 20.9. The fourth-order valence-electron chi connectivity index (χ4n) is 5.59. The fraction of sp³-hybridized carbons (Fsp3) is 0.355. The number of amides is 1. The fourth-order valence-corrected chi connectivity index (χ4v) is 5.59. The molecule has 1 amide bonds. The van der Waals surface area contributed by atoms with Gasteiger partial charge >= 0.3 is 6.18 Å². The highest BCUT2D eigenvalue weighted by Gasteiger charge is 2.33. The lowest BCUT2D eigenvalue weighted by molar-refractivity contribution is -0.148. The van der Waals surface area contributed by atoms with E-state index in [0.717, 1.165) is 11.1 Å². The summed E-state index contributed by atoms with van der Waals surface area (Å²) in [6.07, 6.45) is 1.03. The van der Waals surface area contributed by atoms with Crippen LogP contribution in [0, 0.1) is 20.8 Å². The number of H-pyrrole nitrogens is 1. The molecule has 0 radical (unpaired) electrons. The van der Waals surface area contributed by atoms with Crippen molar-refractivity contribution >= 4 is 17.1 Å². The van der Waals surface area contributed by atoms with E-state index in [4.69, 9.17) is 4.74 Å². The number of aryl methyl sites for hydroxylation is 2. The zero-order valence-corrected chi connectivity index (χ0v) is 25.0. The predicted octanol–water partition coefficient (Wildman–Crippen LogP) is 4.10. The largest absolute Gasteiger partial charge is 0.496 e. The zero-order chi connectivity index (χ0) is 31.8. The average Bonchev–Trinajstić information content (AvgIpc) is 3.39. The number of halogens is 3. The number of carbonyl (C=O) groups is 1. The lowest BCUT2D eigenvalue weighted by atomic mass is 10.0. The second-order valence-corrected chi connectivity index (χ2v) is 10.9. The molecule has 4 aromatic rings. The molecule has 10 nitrogen and oxygen atoms in total. The number of carbonyl (C=O) groups excluding carboxylic acids is 1. The number of hydrogen-bond acceptors (Lipinski definition) is 7. The first-order valence-corrected chi connectivity index (χ1v) is 14.1. The molecular formula is C31H34F3N7O3. The monoisotopic (exact) mass is 609 g/mol. The highest BCUT2D eigenvalue weighted by Crippen LogP contribution is 2.33. The van der Waals surface area contributed by atoms with Gasteiger partial charge in [0.1, 0.15) is 11.6 Å². The van der Waals surface area contributed by atoms with Gasteiger partial charge in [-0.2, -0.15) is 13.2 Å². The van der Waals surface area contributed by atoms with Crippen LogP contribution in [0.1, 0.15) is 38.7 Å². The molecule has 0 saturated carbocycles. The van der Waals surface area contributed by atoms with Crippen LogP contribution < -0.4 is 15.6 Å². The number of alkyl halides is 3. The van der Waals surface area contributed by atoms with Crippen molar-refractivity contribution < 1.29 is 22.7 Å².